The second kappa shape index (κ2) is 8.16. The normalized spacial score (nSPS) is 28.7. The minimum atomic E-state index is -0.698. The number of ether oxygens (including phenoxy) is 1. The zero-order chi connectivity index (χ0) is 20.5. The van der Waals surface area contributed by atoms with Crippen molar-refractivity contribution in [2.75, 3.05) is 6.61 Å². The Balaban J connectivity index is 1.29. The molecule has 1 aromatic rings. The summed E-state index contributed by atoms with van der Waals surface area (Å²) in [5.74, 6) is 0.227. The summed E-state index contributed by atoms with van der Waals surface area (Å²) in [4.78, 5) is 39.3. The molecule has 10 heteroatoms. The first kappa shape index (κ1) is 19.9. The van der Waals surface area contributed by atoms with Gasteiger partial charge in [-0.1, -0.05) is 35.5 Å². The summed E-state index contributed by atoms with van der Waals surface area (Å²) in [6.45, 7) is 0.0183. The van der Waals surface area contributed by atoms with Crippen LogP contribution in [0.1, 0.15) is 29.6 Å². The Hall–Kier alpha value is -2.39. The second-order valence-electron chi connectivity index (χ2n) is 7.23. The number of amides is 1. The van der Waals surface area contributed by atoms with Gasteiger partial charge in [0.2, 0.25) is 5.91 Å². The molecule has 29 heavy (non-hydrogen) atoms. The van der Waals surface area contributed by atoms with Crippen LogP contribution in [0.15, 0.2) is 35.3 Å². The Labute approximate surface area is 175 Å². The fourth-order valence-electron chi connectivity index (χ4n) is 3.83. The van der Waals surface area contributed by atoms with E-state index in [9.17, 15) is 19.7 Å². The van der Waals surface area contributed by atoms with Crippen molar-refractivity contribution >= 4 is 46.1 Å². The number of carbonyl (C=O) groups is 2. The molecule has 0 radical (unpaired) electrons. The van der Waals surface area contributed by atoms with Gasteiger partial charge < -0.3 is 10.1 Å². The number of fused-ring (bicyclic) bond motifs is 2. The first-order chi connectivity index (χ1) is 13.9. The minimum Gasteiger partial charge on any atom is -0.462 e. The van der Waals surface area contributed by atoms with Gasteiger partial charge in [0.15, 0.2) is 5.17 Å². The molecule has 4 atom stereocenters. The largest absolute Gasteiger partial charge is 0.462 e. The van der Waals surface area contributed by atoms with Crippen LogP contribution in [-0.2, 0) is 9.53 Å². The molecule has 0 aromatic heterocycles. The minimum absolute atomic E-state index is 0.0183. The van der Waals surface area contributed by atoms with Crippen LogP contribution in [0.3, 0.4) is 0 Å². The van der Waals surface area contributed by atoms with Crippen molar-refractivity contribution in [2.24, 2.45) is 16.8 Å². The SMILES string of the molecule is O=C(OCCC1SC(=NC2CC3C=CC2C3)NC1=O)c1ccc(Cl)c([N+](=O)[O-])c1. The van der Waals surface area contributed by atoms with E-state index in [4.69, 9.17) is 21.3 Å². The van der Waals surface area contributed by atoms with Gasteiger partial charge in [-0.05, 0) is 36.8 Å². The highest BCUT2D eigenvalue weighted by Crippen LogP contribution is 2.41. The summed E-state index contributed by atoms with van der Waals surface area (Å²) in [6, 6.07) is 3.95. The highest BCUT2D eigenvalue weighted by molar-refractivity contribution is 8.15. The maximum Gasteiger partial charge on any atom is 0.338 e. The van der Waals surface area contributed by atoms with Gasteiger partial charge in [0.05, 0.1) is 28.4 Å². The summed E-state index contributed by atoms with van der Waals surface area (Å²) in [5.41, 5.74) is -0.320. The Morgan fingerprint density at radius 1 is 1.38 bits per heavy atom. The number of hydrogen-bond donors (Lipinski definition) is 1. The Morgan fingerprint density at radius 3 is 2.90 bits per heavy atom. The average molecular weight is 436 g/mol. The average Bonchev–Trinajstić information content (AvgIpc) is 3.38. The van der Waals surface area contributed by atoms with E-state index in [0.717, 1.165) is 18.9 Å². The number of rotatable bonds is 6. The maximum atomic E-state index is 12.2. The molecule has 4 rings (SSSR count). The van der Waals surface area contributed by atoms with Gasteiger partial charge >= 0.3 is 5.97 Å². The zero-order valence-electron chi connectivity index (χ0n) is 15.2. The summed E-state index contributed by atoms with van der Waals surface area (Å²) in [7, 11) is 0. The molecule has 0 spiro atoms. The van der Waals surface area contributed by atoms with Crippen LogP contribution in [0.2, 0.25) is 5.02 Å². The zero-order valence-corrected chi connectivity index (χ0v) is 16.8. The molecule has 1 saturated carbocycles. The molecule has 8 nitrogen and oxygen atoms in total. The van der Waals surface area contributed by atoms with Crippen LogP contribution in [0, 0.1) is 22.0 Å². The van der Waals surface area contributed by atoms with Crippen molar-refractivity contribution in [1.82, 2.24) is 5.32 Å². The number of benzene rings is 1. The molecule has 2 fully saturated rings. The van der Waals surface area contributed by atoms with Gasteiger partial charge in [-0.15, -0.1) is 0 Å². The van der Waals surface area contributed by atoms with E-state index < -0.39 is 10.9 Å². The van der Waals surface area contributed by atoms with Crippen LogP contribution in [0.25, 0.3) is 0 Å². The highest BCUT2D eigenvalue weighted by Gasteiger charge is 2.37. The van der Waals surface area contributed by atoms with Crippen molar-refractivity contribution in [3.8, 4) is 0 Å². The first-order valence-electron chi connectivity index (χ1n) is 9.25. The number of esters is 1. The lowest BCUT2D eigenvalue weighted by Gasteiger charge is -2.13. The first-order valence-corrected chi connectivity index (χ1v) is 10.5. The number of nitro groups is 1. The molecular weight excluding hydrogens is 418 g/mol. The number of amidine groups is 1. The third-order valence-corrected chi connectivity index (χ3v) is 6.78. The van der Waals surface area contributed by atoms with E-state index in [0.29, 0.717) is 23.4 Å². The number of nitro benzene ring substituents is 1. The van der Waals surface area contributed by atoms with E-state index in [2.05, 4.69) is 17.5 Å². The number of allylic oxidation sites excluding steroid dienone is 1. The molecule has 2 bridgehead atoms. The van der Waals surface area contributed by atoms with E-state index in [1.807, 2.05) is 0 Å². The van der Waals surface area contributed by atoms with Crippen LogP contribution in [0.5, 0.6) is 0 Å². The van der Waals surface area contributed by atoms with Crippen LogP contribution >= 0.6 is 23.4 Å². The van der Waals surface area contributed by atoms with E-state index in [1.54, 1.807) is 0 Å². The molecule has 1 aliphatic heterocycles. The van der Waals surface area contributed by atoms with E-state index in [-0.39, 0.29) is 40.1 Å². The molecule has 4 unspecified atom stereocenters. The van der Waals surface area contributed by atoms with Crippen LogP contribution < -0.4 is 5.32 Å². The van der Waals surface area contributed by atoms with Crippen molar-refractivity contribution in [2.45, 2.75) is 30.6 Å². The third-order valence-electron chi connectivity index (χ3n) is 5.30. The van der Waals surface area contributed by atoms with E-state index in [1.165, 1.54) is 23.9 Å². The predicted molar refractivity (Wildman–Crippen MR) is 109 cm³/mol. The van der Waals surface area contributed by atoms with Crippen molar-refractivity contribution < 1.29 is 19.2 Å². The van der Waals surface area contributed by atoms with Crippen molar-refractivity contribution in [3.63, 3.8) is 0 Å². The molecule has 1 aromatic carbocycles. The van der Waals surface area contributed by atoms with Gasteiger partial charge in [-0.25, -0.2) is 4.79 Å². The van der Waals surface area contributed by atoms with Crippen LogP contribution in [0.4, 0.5) is 5.69 Å². The second-order valence-corrected chi connectivity index (χ2v) is 8.82. The fourth-order valence-corrected chi connectivity index (χ4v) is 5.02. The van der Waals surface area contributed by atoms with Gasteiger partial charge in [-0.3, -0.25) is 19.9 Å². The number of nitrogens with one attached hydrogen (secondary N) is 1. The monoisotopic (exact) mass is 435 g/mol. The number of carbonyl (C=O) groups excluding carboxylic acids is 2. The lowest BCUT2D eigenvalue weighted by atomic mass is 10.0. The van der Waals surface area contributed by atoms with Gasteiger partial charge in [0, 0.05) is 12.5 Å². The van der Waals surface area contributed by atoms with Crippen molar-refractivity contribution in [3.05, 3.63) is 51.1 Å². The summed E-state index contributed by atoms with van der Waals surface area (Å²) < 4.78 is 5.17. The molecule has 1 saturated heterocycles. The molecule has 1 N–H and O–H groups in total. The molecule has 2 aliphatic carbocycles. The lowest BCUT2D eigenvalue weighted by Crippen LogP contribution is -2.27. The number of hydrogen-bond acceptors (Lipinski definition) is 7. The number of thioether (sulfide) groups is 1. The van der Waals surface area contributed by atoms with Gasteiger partial charge in [0.1, 0.15) is 5.02 Å². The van der Waals surface area contributed by atoms with E-state index >= 15 is 0 Å². The fraction of sp³-hybridized carbons (Fsp3) is 0.421. The lowest BCUT2D eigenvalue weighted by molar-refractivity contribution is -0.384. The predicted octanol–water partition coefficient (Wildman–Crippen LogP) is 3.35. The smallest absolute Gasteiger partial charge is 0.338 e. The molecular formula is C19H18ClN3O5S. The maximum absolute atomic E-state index is 12.2. The number of aliphatic imine (C=N–C) groups is 1. The Kier molecular flexibility index (Phi) is 5.60. The number of halogens is 1. The summed E-state index contributed by atoms with van der Waals surface area (Å²) >= 11 is 7.10. The van der Waals surface area contributed by atoms with Crippen molar-refractivity contribution in [1.29, 1.82) is 0 Å². The summed E-state index contributed by atoms with van der Waals surface area (Å²) in [5, 5.41) is 13.9. The molecule has 152 valence electrons. The Bertz CT molecular complexity index is 934. The molecule has 1 heterocycles. The molecule has 1 amide bonds. The quantitative estimate of drug-likeness (QED) is 0.317. The van der Waals surface area contributed by atoms with Crippen LogP contribution in [-0.4, -0.2) is 39.9 Å². The third kappa shape index (κ3) is 4.30. The van der Waals surface area contributed by atoms with Gasteiger partial charge in [-0.2, -0.15) is 0 Å². The summed E-state index contributed by atoms with van der Waals surface area (Å²) in [6.07, 6.45) is 6.95. The Morgan fingerprint density at radius 2 is 2.21 bits per heavy atom. The molecule has 3 aliphatic rings. The standard InChI is InChI=1S/C19H18ClN3O5S/c20-13-4-3-12(9-15(13)23(26)27)18(25)28-6-5-16-17(24)22-19(29-16)21-14-8-10-1-2-11(14)7-10/h1-4,9-11,14,16H,5-8H2,(H,21,22,24). The number of nitrogens with zero attached hydrogens (tertiary/aromatic N) is 2. The van der Waals surface area contributed by atoms with Gasteiger partial charge in [0.25, 0.3) is 5.69 Å². The topological polar surface area (TPSA) is 111 Å². The highest BCUT2D eigenvalue weighted by atomic mass is 35.5.